The van der Waals surface area contributed by atoms with Crippen molar-refractivity contribution in [2.24, 2.45) is 17.6 Å². The number of benzene rings is 1. The van der Waals surface area contributed by atoms with Crippen molar-refractivity contribution in [3.8, 4) is 5.75 Å². The summed E-state index contributed by atoms with van der Waals surface area (Å²) in [6.07, 6.45) is -1.58. The fourth-order valence-corrected chi connectivity index (χ4v) is 6.12. The summed E-state index contributed by atoms with van der Waals surface area (Å²) in [6.45, 7) is 9.33. The summed E-state index contributed by atoms with van der Waals surface area (Å²) in [5.74, 6) is -8.47. The number of aliphatic hydroxyl groups excluding tert-OH is 3. The lowest BCUT2D eigenvalue weighted by molar-refractivity contribution is -0.160. The lowest BCUT2D eigenvalue weighted by atomic mass is 9.55. The van der Waals surface area contributed by atoms with Gasteiger partial charge in [-0.05, 0) is 28.9 Å². The predicted octanol–water partition coefficient (Wildman–Crippen LogP) is 1.82. The Bertz CT molecular complexity index is 1250. The van der Waals surface area contributed by atoms with Crippen LogP contribution >= 0.6 is 0 Å². The number of aromatic hydroxyl groups is 1. The minimum Gasteiger partial charge on any atom is -0.508 e. The van der Waals surface area contributed by atoms with Crippen molar-refractivity contribution >= 4 is 23.2 Å². The van der Waals surface area contributed by atoms with Crippen LogP contribution < -0.4 is 5.73 Å². The molecule has 4 rings (SSSR count). The molecular weight excluding hydrogens is 454 g/mol. The standard InChI is InChI=1S/C26H31NO8/c1-6-10-7-11(25(3,4)5)19(29)17-14(10)9(2)15-18(21(17)31)23(33)26(35)12(20(15)30)8-13(28)16(22(26)32)24(27)34/h7,9,12,15,20,29-32,35H,6,8H2,1-5H3,(H2,27,34). The zero-order valence-corrected chi connectivity index (χ0v) is 20.3. The Balaban J connectivity index is 2.07. The number of nitrogens with two attached hydrogens (primary N) is 1. The Morgan fingerprint density at radius 1 is 1.20 bits per heavy atom. The molecule has 0 saturated heterocycles. The molecular formula is C26H31NO8. The fourth-order valence-electron chi connectivity index (χ4n) is 6.12. The van der Waals surface area contributed by atoms with Crippen LogP contribution in [0.15, 0.2) is 23.0 Å². The number of rotatable bonds is 2. The third-order valence-corrected chi connectivity index (χ3v) is 7.87. The number of carbonyl (C=O) groups excluding carboxylic acids is 3. The molecule has 1 amide bonds. The van der Waals surface area contributed by atoms with E-state index in [1.807, 2.05) is 33.8 Å². The first kappa shape index (κ1) is 24.9. The van der Waals surface area contributed by atoms with Crippen molar-refractivity contribution in [1.29, 1.82) is 0 Å². The Morgan fingerprint density at radius 2 is 1.80 bits per heavy atom. The summed E-state index contributed by atoms with van der Waals surface area (Å²) < 4.78 is 0. The molecule has 3 aliphatic carbocycles. The zero-order valence-electron chi connectivity index (χ0n) is 20.3. The van der Waals surface area contributed by atoms with Crippen molar-refractivity contribution in [3.63, 3.8) is 0 Å². The molecule has 5 unspecified atom stereocenters. The SMILES string of the molecule is CCc1cc(C(C)(C)C)c(O)c2c1C(C)C1C(=C2O)C(=O)C2(O)C(O)=C(C(N)=O)C(=O)CC2C1O. The van der Waals surface area contributed by atoms with Gasteiger partial charge in [-0.25, -0.2) is 0 Å². The molecule has 0 aliphatic heterocycles. The van der Waals surface area contributed by atoms with Crippen LogP contribution in [0.25, 0.3) is 5.76 Å². The molecule has 1 aromatic carbocycles. The van der Waals surface area contributed by atoms with Gasteiger partial charge >= 0.3 is 0 Å². The van der Waals surface area contributed by atoms with E-state index in [-0.39, 0.29) is 16.9 Å². The first-order chi connectivity index (χ1) is 16.1. The summed E-state index contributed by atoms with van der Waals surface area (Å²) in [4.78, 5) is 38.1. The van der Waals surface area contributed by atoms with Crippen LogP contribution in [-0.4, -0.2) is 54.7 Å². The minimum atomic E-state index is -2.83. The van der Waals surface area contributed by atoms with Crippen molar-refractivity contribution in [1.82, 2.24) is 0 Å². The molecule has 35 heavy (non-hydrogen) atoms. The van der Waals surface area contributed by atoms with Crippen molar-refractivity contribution in [2.45, 2.75) is 70.5 Å². The van der Waals surface area contributed by atoms with Crippen LogP contribution in [-0.2, 0) is 26.2 Å². The van der Waals surface area contributed by atoms with Gasteiger partial charge in [-0.2, -0.15) is 0 Å². The normalized spacial score (nSPS) is 30.7. The summed E-state index contributed by atoms with van der Waals surface area (Å²) in [5, 5.41) is 56.1. The summed E-state index contributed by atoms with van der Waals surface area (Å²) in [7, 11) is 0. The minimum absolute atomic E-state index is 0.0427. The maximum Gasteiger partial charge on any atom is 0.255 e. The van der Waals surface area contributed by atoms with Crippen molar-refractivity contribution in [2.75, 3.05) is 0 Å². The third-order valence-electron chi connectivity index (χ3n) is 7.87. The maximum atomic E-state index is 13.7. The van der Waals surface area contributed by atoms with E-state index in [9.17, 15) is 39.9 Å². The highest BCUT2D eigenvalue weighted by Gasteiger charge is 2.65. The van der Waals surface area contributed by atoms with Crippen LogP contribution in [0.3, 0.4) is 0 Å². The molecule has 7 N–H and O–H groups in total. The van der Waals surface area contributed by atoms with Gasteiger partial charge in [-0.1, -0.05) is 40.7 Å². The van der Waals surface area contributed by atoms with Crippen LogP contribution in [0.4, 0.5) is 0 Å². The fraction of sp³-hybridized carbons (Fsp3) is 0.500. The van der Waals surface area contributed by atoms with Gasteiger partial charge in [0.1, 0.15) is 22.8 Å². The van der Waals surface area contributed by atoms with Crippen molar-refractivity contribution in [3.05, 3.63) is 45.2 Å². The third kappa shape index (κ3) is 3.11. The molecule has 3 aliphatic rings. The summed E-state index contributed by atoms with van der Waals surface area (Å²) >= 11 is 0. The van der Waals surface area contributed by atoms with Crippen LogP contribution in [0.2, 0.25) is 0 Å². The molecule has 9 nitrogen and oxygen atoms in total. The topological polar surface area (TPSA) is 178 Å². The van der Waals surface area contributed by atoms with E-state index in [1.165, 1.54) is 0 Å². The lowest BCUT2D eigenvalue weighted by Gasteiger charge is -2.50. The smallest absolute Gasteiger partial charge is 0.255 e. The number of carbonyl (C=O) groups is 3. The van der Waals surface area contributed by atoms with Gasteiger partial charge < -0.3 is 31.3 Å². The molecule has 0 radical (unpaired) electrons. The highest BCUT2D eigenvalue weighted by molar-refractivity contribution is 6.23. The molecule has 1 saturated carbocycles. The first-order valence-electron chi connectivity index (χ1n) is 11.6. The number of Topliss-reactive ketones (excluding diaryl/α,β-unsaturated/α-hetero) is 2. The number of phenolic OH excluding ortho intramolecular Hbond substituents is 1. The predicted molar refractivity (Wildman–Crippen MR) is 126 cm³/mol. The second kappa shape index (κ2) is 7.66. The maximum absolute atomic E-state index is 13.7. The number of aliphatic hydroxyl groups is 4. The Kier molecular flexibility index (Phi) is 5.46. The van der Waals surface area contributed by atoms with E-state index in [2.05, 4.69) is 0 Å². The van der Waals surface area contributed by atoms with E-state index < -0.39 is 75.9 Å². The van der Waals surface area contributed by atoms with Crippen LogP contribution in [0.1, 0.15) is 69.2 Å². The van der Waals surface area contributed by atoms with E-state index in [0.717, 1.165) is 5.56 Å². The van der Waals surface area contributed by atoms with Gasteiger partial charge in [-0.3, -0.25) is 14.4 Å². The number of hydrogen-bond acceptors (Lipinski definition) is 8. The van der Waals surface area contributed by atoms with Gasteiger partial charge in [0.05, 0.1) is 11.7 Å². The molecule has 5 atom stereocenters. The van der Waals surface area contributed by atoms with Crippen LogP contribution in [0, 0.1) is 11.8 Å². The highest BCUT2D eigenvalue weighted by Crippen LogP contribution is 2.57. The number of fused-ring (bicyclic) bond motifs is 3. The summed E-state index contributed by atoms with van der Waals surface area (Å²) in [5.41, 5.74) is 2.57. The van der Waals surface area contributed by atoms with Gasteiger partial charge in [0, 0.05) is 29.4 Å². The van der Waals surface area contributed by atoms with E-state index in [0.29, 0.717) is 17.5 Å². The second-order valence-corrected chi connectivity index (χ2v) is 10.8. The Morgan fingerprint density at radius 3 is 2.31 bits per heavy atom. The zero-order chi connectivity index (χ0) is 26.4. The molecule has 0 spiro atoms. The average molecular weight is 486 g/mol. The van der Waals surface area contributed by atoms with E-state index in [1.54, 1.807) is 6.92 Å². The molecule has 1 aromatic rings. The second-order valence-electron chi connectivity index (χ2n) is 10.8. The highest BCUT2D eigenvalue weighted by atomic mass is 16.4. The monoisotopic (exact) mass is 485 g/mol. The molecule has 188 valence electrons. The van der Waals surface area contributed by atoms with Gasteiger partial charge in [0.15, 0.2) is 11.4 Å². The molecule has 9 heteroatoms. The van der Waals surface area contributed by atoms with E-state index in [4.69, 9.17) is 5.73 Å². The number of ketones is 2. The number of aryl methyl sites for hydroxylation is 1. The summed E-state index contributed by atoms with van der Waals surface area (Å²) in [6, 6.07) is 1.86. The van der Waals surface area contributed by atoms with Gasteiger partial charge in [0.2, 0.25) is 5.78 Å². The Labute approximate surface area is 202 Å². The molecule has 0 bridgehead atoms. The first-order valence-corrected chi connectivity index (χ1v) is 11.6. The number of primary amides is 1. The van der Waals surface area contributed by atoms with E-state index >= 15 is 0 Å². The number of amides is 1. The lowest BCUT2D eigenvalue weighted by Crippen LogP contribution is -2.64. The average Bonchev–Trinajstić information content (AvgIpc) is 2.75. The molecule has 1 fully saturated rings. The number of hydrogen-bond donors (Lipinski definition) is 6. The van der Waals surface area contributed by atoms with Crippen LogP contribution in [0.5, 0.6) is 5.75 Å². The van der Waals surface area contributed by atoms with Crippen molar-refractivity contribution < 1.29 is 39.9 Å². The molecule has 0 heterocycles. The molecule has 0 aromatic heterocycles. The van der Waals surface area contributed by atoms with Gasteiger partial charge in [0.25, 0.3) is 5.91 Å². The number of phenols is 1. The Hall–Kier alpha value is -3.17. The largest absolute Gasteiger partial charge is 0.508 e. The van der Waals surface area contributed by atoms with Gasteiger partial charge in [-0.15, -0.1) is 0 Å². The quantitative estimate of drug-likeness (QED) is 0.343.